The van der Waals surface area contributed by atoms with Gasteiger partial charge in [-0.1, -0.05) is 19.1 Å². The van der Waals surface area contributed by atoms with Crippen molar-refractivity contribution in [3.05, 3.63) is 27.8 Å². The van der Waals surface area contributed by atoms with E-state index in [0.717, 1.165) is 13.1 Å². The Bertz CT molecular complexity index is 327. The van der Waals surface area contributed by atoms with Crippen molar-refractivity contribution in [2.45, 2.75) is 19.4 Å². The maximum atomic E-state index is 3.52. The number of anilines is 1. The minimum absolute atomic E-state index is 0.672. The molecule has 1 aliphatic rings. The Morgan fingerprint density at radius 2 is 2.27 bits per heavy atom. The molecular formula is C12H17IN2. The molecule has 1 aromatic rings. The molecule has 0 radical (unpaired) electrons. The molecule has 2 rings (SSSR count). The second-order valence-corrected chi connectivity index (χ2v) is 5.10. The molecule has 1 saturated heterocycles. The van der Waals surface area contributed by atoms with Crippen LogP contribution < -0.4 is 10.2 Å². The predicted molar refractivity (Wildman–Crippen MR) is 73.5 cm³/mol. The van der Waals surface area contributed by atoms with Crippen molar-refractivity contribution < 1.29 is 0 Å². The molecule has 82 valence electrons. The zero-order chi connectivity index (χ0) is 10.7. The van der Waals surface area contributed by atoms with Gasteiger partial charge in [0.1, 0.15) is 0 Å². The van der Waals surface area contributed by atoms with Crippen LogP contribution in [0.2, 0.25) is 0 Å². The summed E-state index contributed by atoms with van der Waals surface area (Å²) < 4.78 is 1.35. The van der Waals surface area contributed by atoms with E-state index < -0.39 is 0 Å². The summed E-state index contributed by atoms with van der Waals surface area (Å²) in [7, 11) is 0. The van der Waals surface area contributed by atoms with Gasteiger partial charge in [-0.05, 0) is 47.7 Å². The SMILES string of the molecule is CCNC1CCN(c2ccccc2I)C1. The highest BCUT2D eigenvalue weighted by Crippen LogP contribution is 2.25. The number of hydrogen-bond donors (Lipinski definition) is 1. The first kappa shape index (κ1) is 11.2. The van der Waals surface area contributed by atoms with Gasteiger partial charge >= 0.3 is 0 Å². The van der Waals surface area contributed by atoms with Crippen molar-refractivity contribution >= 4 is 28.3 Å². The average Bonchev–Trinajstić information content (AvgIpc) is 2.68. The molecule has 1 N–H and O–H groups in total. The van der Waals surface area contributed by atoms with Gasteiger partial charge < -0.3 is 10.2 Å². The molecule has 0 spiro atoms. The van der Waals surface area contributed by atoms with E-state index in [2.05, 4.69) is 64.0 Å². The van der Waals surface area contributed by atoms with Gasteiger partial charge in [-0.2, -0.15) is 0 Å². The molecule has 3 heteroatoms. The van der Waals surface area contributed by atoms with Crippen LogP contribution in [0.4, 0.5) is 5.69 Å². The minimum atomic E-state index is 0.672. The van der Waals surface area contributed by atoms with Crippen molar-refractivity contribution in [3.8, 4) is 0 Å². The zero-order valence-corrected chi connectivity index (χ0v) is 11.2. The molecule has 0 amide bonds. The van der Waals surface area contributed by atoms with Gasteiger partial charge in [-0.25, -0.2) is 0 Å². The van der Waals surface area contributed by atoms with Gasteiger partial charge in [0.15, 0.2) is 0 Å². The summed E-state index contributed by atoms with van der Waals surface area (Å²) in [6.07, 6.45) is 1.26. The predicted octanol–water partition coefficient (Wildman–Crippen LogP) is 2.48. The molecule has 1 heterocycles. The van der Waals surface area contributed by atoms with Crippen LogP contribution in [0.15, 0.2) is 24.3 Å². The number of nitrogens with zero attached hydrogens (tertiary/aromatic N) is 1. The quantitative estimate of drug-likeness (QED) is 0.862. The van der Waals surface area contributed by atoms with E-state index in [-0.39, 0.29) is 0 Å². The summed E-state index contributed by atoms with van der Waals surface area (Å²) in [5.41, 5.74) is 1.39. The standard InChI is InChI=1S/C12H17IN2/c1-2-14-10-7-8-15(9-10)12-6-4-3-5-11(12)13/h3-6,10,14H,2,7-9H2,1H3. The van der Waals surface area contributed by atoms with Gasteiger partial charge in [0.25, 0.3) is 0 Å². The lowest BCUT2D eigenvalue weighted by Gasteiger charge is -2.20. The van der Waals surface area contributed by atoms with E-state index >= 15 is 0 Å². The number of likely N-dealkylation sites (N-methyl/N-ethyl adjacent to an activating group) is 1. The Morgan fingerprint density at radius 1 is 1.47 bits per heavy atom. The lowest BCUT2D eigenvalue weighted by molar-refractivity contribution is 0.572. The Morgan fingerprint density at radius 3 is 3.00 bits per heavy atom. The molecule has 1 unspecified atom stereocenters. The smallest absolute Gasteiger partial charge is 0.0502 e. The van der Waals surface area contributed by atoms with Gasteiger partial charge in [0.2, 0.25) is 0 Å². The second-order valence-electron chi connectivity index (χ2n) is 3.94. The first-order chi connectivity index (χ1) is 7.31. The number of nitrogens with one attached hydrogen (secondary N) is 1. The Hall–Kier alpha value is -0.290. The molecule has 1 fully saturated rings. The van der Waals surface area contributed by atoms with Gasteiger partial charge in [0, 0.05) is 22.7 Å². The van der Waals surface area contributed by atoms with Crippen LogP contribution in [0.25, 0.3) is 0 Å². The number of rotatable bonds is 3. The van der Waals surface area contributed by atoms with Crippen LogP contribution in [0.3, 0.4) is 0 Å². The van der Waals surface area contributed by atoms with Crippen molar-refractivity contribution in [1.29, 1.82) is 0 Å². The van der Waals surface area contributed by atoms with Gasteiger partial charge in [-0.3, -0.25) is 0 Å². The van der Waals surface area contributed by atoms with Crippen LogP contribution in [-0.2, 0) is 0 Å². The van der Waals surface area contributed by atoms with E-state index in [1.165, 1.54) is 22.2 Å². The highest BCUT2D eigenvalue weighted by molar-refractivity contribution is 14.1. The number of benzene rings is 1. The summed E-state index contributed by atoms with van der Waals surface area (Å²) in [5, 5.41) is 3.52. The van der Waals surface area contributed by atoms with E-state index in [1.54, 1.807) is 0 Å². The molecule has 0 aliphatic carbocycles. The van der Waals surface area contributed by atoms with Crippen LogP contribution in [0, 0.1) is 3.57 Å². The van der Waals surface area contributed by atoms with Crippen molar-refractivity contribution in [1.82, 2.24) is 5.32 Å². The summed E-state index contributed by atoms with van der Waals surface area (Å²) in [5.74, 6) is 0. The van der Waals surface area contributed by atoms with Gasteiger partial charge in [0.05, 0.1) is 5.69 Å². The number of halogens is 1. The highest BCUT2D eigenvalue weighted by Gasteiger charge is 2.22. The topological polar surface area (TPSA) is 15.3 Å². The Balaban J connectivity index is 2.04. The Labute approximate surface area is 105 Å². The average molecular weight is 316 g/mol. The molecule has 0 saturated carbocycles. The van der Waals surface area contributed by atoms with Crippen LogP contribution in [0.1, 0.15) is 13.3 Å². The van der Waals surface area contributed by atoms with Crippen molar-refractivity contribution in [2.24, 2.45) is 0 Å². The van der Waals surface area contributed by atoms with Crippen LogP contribution in [-0.4, -0.2) is 25.7 Å². The summed E-state index contributed by atoms with van der Waals surface area (Å²) in [4.78, 5) is 2.48. The second kappa shape index (κ2) is 5.16. The van der Waals surface area contributed by atoms with Crippen molar-refractivity contribution in [2.75, 3.05) is 24.5 Å². The summed E-state index contributed by atoms with van der Waals surface area (Å²) in [6, 6.07) is 9.29. The maximum Gasteiger partial charge on any atom is 0.0502 e. The third-order valence-electron chi connectivity index (χ3n) is 2.87. The first-order valence-corrected chi connectivity index (χ1v) is 6.62. The van der Waals surface area contributed by atoms with E-state index in [4.69, 9.17) is 0 Å². The molecule has 1 atom stereocenters. The van der Waals surface area contributed by atoms with Crippen LogP contribution >= 0.6 is 22.6 Å². The minimum Gasteiger partial charge on any atom is -0.369 e. The molecule has 2 nitrogen and oxygen atoms in total. The first-order valence-electron chi connectivity index (χ1n) is 5.54. The highest BCUT2D eigenvalue weighted by atomic mass is 127. The molecule has 15 heavy (non-hydrogen) atoms. The Kier molecular flexibility index (Phi) is 3.86. The lowest BCUT2D eigenvalue weighted by Crippen LogP contribution is -2.32. The van der Waals surface area contributed by atoms with Crippen molar-refractivity contribution in [3.63, 3.8) is 0 Å². The molecule has 0 aromatic heterocycles. The van der Waals surface area contributed by atoms with Crippen LogP contribution in [0.5, 0.6) is 0 Å². The summed E-state index contributed by atoms with van der Waals surface area (Å²) >= 11 is 2.42. The zero-order valence-electron chi connectivity index (χ0n) is 9.04. The summed E-state index contributed by atoms with van der Waals surface area (Å²) in [6.45, 7) is 5.57. The molecule has 1 aliphatic heterocycles. The van der Waals surface area contributed by atoms with E-state index in [9.17, 15) is 0 Å². The number of hydrogen-bond acceptors (Lipinski definition) is 2. The molecular weight excluding hydrogens is 299 g/mol. The largest absolute Gasteiger partial charge is 0.369 e. The third kappa shape index (κ3) is 2.64. The number of para-hydroxylation sites is 1. The molecule has 0 bridgehead atoms. The fourth-order valence-corrected chi connectivity index (χ4v) is 2.87. The third-order valence-corrected chi connectivity index (χ3v) is 3.79. The fraction of sp³-hybridized carbons (Fsp3) is 0.500. The van der Waals surface area contributed by atoms with E-state index in [1.807, 2.05) is 0 Å². The normalized spacial score (nSPS) is 20.9. The van der Waals surface area contributed by atoms with E-state index in [0.29, 0.717) is 6.04 Å². The lowest BCUT2D eigenvalue weighted by atomic mass is 10.2. The monoisotopic (exact) mass is 316 g/mol. The molecule has 1 aromatic carbocycles. The van der Waals surface area contributed by atoms with Gasteiger partial charge in [-0.15, -0.1) is 0 Å². The fourth-order valence-electron chi connectivity index (χ4n) is 2.14. The maximum absolute atomic E-state index is 3.52.